The summed E-state index contributed by atoms with van der Waals surface area (Å²) in [5, 5.41) is 0. The van der Waals surface area contributed by atoms with E-state index in [1.807, 2.05) is 12.1 Å². The third-order valence-corrected chi connectivity index (χ3v) is 5.94. The molecule has 0 bridgehead atoms. The number of unbranched alkanes of at least 4 members (excludes halogenated alkanes) is 2. The zero-order chi connectivity index (χ0) is 22.7. The molecular weight excluding hydrogens is 387 g/mol. The third-order valence-electron chi connectivity index (χ3n) is 5.94. The molecule has 3 rings (SSSR count). The topological polar surface area (TPSA) is 18.5 Å². The zero-order valence-electron chi connectivity index (χ0n) is 19.7. The van der Waals surface area contributed by atoms with Crippen LogP contribution in [-0.4, -0.2) is 30.9 Å². The van der Waals surface area contributed by atoms with Gasteiger partial charge in [-0.2, -0.15) is 0 Å². The molecule has 0 N–H and O–H groups in total. The van der Waals surface area contributed by atoms with Gasteiger partial charge in [0.1, 0.15) is 0 Å². The molecule has 0 fully saturated rings. The number of hydrogen-bond donors (Lipinski definition) is 0. The van der Waals surface area contributed by atoms with Gasteiger partial charge in [-0.3, -0.25) is 0 Å². The summed E-state index contributed by atoms with van der Waals surface area (Å²) in [5.74, 6) is 0.867. The monoisotopic (exact) mass is 420 g/mol. The van der Waals surface area contributed by atoms with E-state index >= 15 is 0 Å². The first-order chi connectivity index (χ1) is 15.7. The normalized spacial score (nSPS) is 12.8. The summed E-state index contributed by atoms with van der Waals surface area (Å²) in [6, 6.07) is 29.6. The van der Waals surface area contributed by atoms with E-state index in [2.05, 4.69) is 108 Å². The molecule has 1 unspecified atom stereocenters. The van der Waals surface area contributed by atoms with Gasteiger partial charge in [0.05, 0.1) is 0 Å². The minimum absolute atomic E-state index is 0.0465. The molecule has 0 saturated heterocycles. The van der Waals surface area contributed by atoms with Gasteiger partial charge in [0.15, 0.2) is 0 Å². The summed E-state index contributed by atoms with van der Waals surface area (Å²) in [6.07, 6.45) is 7.61. The zero-order valence-corrected chi connectivity index (χ0v) is 19.7. The quantitative estimate of drug-likeness (QED) is 0.236. The van der Waals surface area contributed by atoms with Crippen molar-refractivity contribution in [2.45, 2.75) is 50.7 Å². The number of hydrogen-bond acceptors (Lipinski definition) is 2. The molecule has 32 heavy (non-hydrogen) atoms. The molecule has 162 valence electrons. The Bertz CT molecular complexity index is 896. The Balaban J connectivity index is 2.09. The van der Waals surface area contributed by atoms with Gasteiger partial charge in [-0.05, 0) is 0 Å². The van der Waals surface area contributed by atoms with Crippen molar-refractivity contribution < 1.29 is 9.47 Å². The van der Waals surface area contributed by atoms with Crippen molar-refractivity contribution in [1.29, 1.82) is 0 Å². The molecule has 3 aromatic rings. The summed E-state index contributed by atoms with van der Waals surface area (Å²) >= 11 is 2.08. The van der Waals surface area contributed by atoms with E-state index in [9.17, 15) is 0 Å². The van der Waals surface area contributed by atoms with Gasteiger partial charge < -0.3 is 0 Å². The molecule has 0 aliphatic carbocycles. The second kappa shape index (κ2) is 12.7. The average molecular weight is 421 g/mol. The Hall–Kier alpha value is -2.24. The number of ether oxygens (including phenoxy) is 2. The van der Waals surface area contributed by atoms with Crippen LogP contribution < -0.4 is 4.74 Å². The van der Waals surface area contributed by atoms with E-state index in [0.717, 1.165) is 25.0 Å². The molecule has 3 heteroatoms. The first kappa shape index (κ1) is 24.4. The maximum absolute atomic E-state index is 7.14. The molecule has 0 radical (unpaired) electrons. The fourth-order valence-corrected chi connectivity index (χ4v) is 4.26. The van der Waals surface area contributed by atoms with E-state index in [4.69, 9.17) is 9.47 Å². The van der Waals surface area contributed by atoms with Crippen LogP contribution in [0.2, 0.25) is 0 Å². The van der Waals surface area contributed by atoms with Crippen LogP contribution in [0.25, 0.3) is 0 Å². The summed E-state index contributed by atoms with van der Waals surface area (Å²) in [4.78, 5) is 0. The number of benzene rings is 3. The Morgan fingerprint density at radius 1 is 0.844 bits per heavy atom. The molecule has 0 saturated carbocycles. The van der Waals surface area contributed by atoms with Crippen LogP contribution in [0.15, 0.2) is 95.8 Å². The van der Waals surface area contributed by atoms with Crippen molar-refractivity contribution in [2.75, 3.05) is 7.11 Å². The molecule has 0 aliphatic rings. The Morgan fingerprint density at radius 2 is 1.44 bits per heavy atom. The predicted molar refractivity (Wildman–Crippen MR) is 134 cm³/mol. The summed E-state index contributed by atoms with van der Waals surface area (Å²) in [5.41, 5.74) is 2.97. The van der Waals surface area contributed by atoms with Crippen LogP contribution in [-0.2, 0) is 16.8 Å². The van der Waals surface area contributed by atoms with Gasteiger partial charge in [-0.1, -0.05) is 0 Å². The predicted octanol–water partition coefficient (Wildman–Crippen LogP) is 6.83. The van der Waals surface area contributed by atoms with E-state index in [1.165, 1.54) is 29.5 Å². The van der Waals surface area contributed by atoms with Gasteiger partial charge in [-0.25, -0.2) is 0 Å². The Labute approximate surface area is 202 Å². The molecule has 0 aromatic heterocycles. The summed E-state index contributed by atoms with van der Waals surface area (Å²) < 4.78 is 14.6. The molecule has 0 spiro atoms. The van der Waals surface area contributed by atoms with Gasteiger partial charge in [0.2, 0.25) is 0 Å². The van der Waals surface area contributed by atoms with E-state index in [-0.39, 0.29) is 6.10 Å². The second-order valence-corrected chi connectivity index (χ2v) is 8.26. The molecule has 2 nitrogen and oxygen atoms in total. The van der Waals surface area contributed by atoms with Crippen molar-refractivity contribution in [3.8, 4) is 5.75 Å². The van der Waals surface area contributed by atoms with Gasteiger partial charge >= 0.3 is 203 Å². The fraction of sp³-hybridized carbons (Fsp3) is 0.310. The van der Waals surface area contributed by atoms with Crippen LogP contribution in [0, 0.1) is 0 Å². The van der Waals surface area contributed by atoms with Crippen LogP contribution >= 0.6 is 0 Å². The molecule has 0 amide bonds. The fourth-order valence-electron chi connectivity index (χ4n) is 4.26. The number of rotatable bonds is 12. The van der Waals surface area contributed by atoms with Crippen molar-refractivity contribution in [3.63, 3.8) is 0 Å². The summed E-state index contributed by atoms with van der Waals surface area (Å²) in [7, 11) is 1.70. The van der Waals surface area contributed by atoms with Crippen LogP contribution in [0.4, 0.5) is 0 Å². The maximum atomic E-state index is 7.14. The first-order valence-corrected chi connectivity index (χ1v) is 11.8. The Kier molecular flexibility index (Phi) is 9.69. The van der Waals surface area contributed by atoms with Gasteiger partial charge in [0.25, 0.3) is 0 Å². The van der Waals surface area contributed by atoms with E-state index in [0.29, 0.717) is 0 Å². The Morgan fingerprint density at radius 3 is 1.94 bits per heavy atom. The number of methoxy groups -OCH3 is 1. The average Bonchev–Trinajstić information content (AvgIpc) is 2.85. The van der Waals surface area contributed by atoms with Crippen molar-refractivity contribution in [1.82, 2.24) is 0 Å². The van der Waals surface area contributed by atoms with Gasteiger partial charge in [-0.15, -0.1) is 0 Å². The molecule has 0 heterocycles. The van der Waals surface area contributed by atoms with E-state index in [1.54, 1.807) is 7.11 Å². The van der Waals surface area contributed by atoms with Crippen LogP contribution in [0.1, 0.15) is 49.3 Å². The minimum atomic E-state index is -0.590. The molecule has 3 aromatic carbocycles. The molecule has 1 atom stereocenters. The molecule has 0 aliphatic heterocycles. The third kappa shape index (κ3) is 6.39. The second-order valence-electron chi connectivity index (χ2n) is 8.26. The van der Waals surface area contributed by atoms with Crippen LogP contribution in [0.3, 0.4) is 0 Å². The summed E-state index contributed by atoms with van der Waals surface area (Å²) in [6.45, 7) is 2.24. The molecular formula is C29H33LiO2. The van der Waals surface area contributed by atoms with Crippen LogP contribution in [0.5, 0.6) is 5.75 Å². The standard InChI is InChI=1S/C29H33O2.Li/c1-4-6-9-18-27(5-2)31-29(25-14-10-7-11-15-25,26-16-12-8-13-17-26)23-24-19-21-28(30-3)22-20-24;/h2,5,7-8,10-17,19-22,27H,4,6,9,18,23H2,1,3H3;. The SMILES string of the molecule is [Li][CH]=CC(CCCCC)OC(Cc1ccc(OC)cc1)(c1ccccc1)c1ccccc1. The van der Waals surface area contributed by atoms with Crippen molar-refractivity contribution in [3.05, 3.63) is 112 Å². The van der Waals surface area contributed by atoms with E-state index < -0.39 is 5.60 Å². The van der Waals surface area contributed by atoms with Crippen molar-refractivity contribution >= 4 is 17.7 Å². The van der Waals surface area contributed by atoms with Gasteiger partial charge in [0, 0.05) is 0 Å². The van der Waals surface area contributed by atoms with Crippen molar-refractivity contribution in [2.24, 2.45) is 0 Å². The first-order valence-electron chi connectivity index (χ1n) is 11.8.